The zero-order chi connectivity index (χ0) is 12.4. The number of carbonyl (C=O) groups is 1. The Bertz CT molecular complexity index is 494. The van der Waals surface area contributed by atoms with Crippen molar-refractivity contribution in [2.24, 2.45) is 0 Å². The van der Waals surface area contributed by atoms with Crippen LogP contribution in [0.4, 0.5) is 14.5 Å². The van der Waals surface area contributed by atoms with Crippen molar-refractivity contribution in [3.8, 4) is 0 Å². The molecule has 1 aliphatic rings. The highest BCUT2D eigenvalue weighted by atomic mass is 19.1. The van der Waals surface area contributed by atoms with Crippen molar-refractivity contribution in [2.75, 3.05) is 5.73 Å². The quantitative estimate of drug-likeness (QED) is 0.634. The molecule has 4 heteroatoms. The van der Waals surface area contributed by atoms with Crippen LogP contribution in [0.15, 0.2) is 23.8 Å². The molecule has 1 aromatic carbocycles. The highest BCUT2D eigenvalue weighted by Crippen LogP contribution is 2.24. The number of allylic oxidation sites excluding steroid dienone is 2. The molecule has 0 aromatic heterocycles. The maximum atomic E-state index is 13.5. The van der Waals surface area contributed by atoms with E-state index in [0.717, 1.165) is 25.3 Å². The molecule has 0 spiro atoms. The fourth-order valence-corrected chi connectivity index (χ4v) is 1.96. The van der Waals surface area contributed by atoms with Gasteiger partial charge in [-0.15, -0.1) is 0 Å². The number of ketones is 1. The number of hydrogen-bond donors (Lipinski definition) is 1. The van der Waals surface area contributed by atoms with Crippen LogP contribution in [-0.2, 0) is 0 Å². The zero-order valence-corrected chi connectivity index (χ0v) is 9.30. The lowest BCUT2D eigenvalue weighted by Crippen LogP contribution is -2.10. The number of nitrogens with two attached hydrogens (primary N) is 1. The third kappa shape index (κ3) is 2.35. The summed E-state index contributed by atoms with van der Waals surface area (Å²) >= 11 is 0. The summed E-state index contributed by atoms with van der Waals surface area (Å²) in [5, 5.41) is 0. The van der Waals surface area contributed by atoms with E-state index in [4.69, 9.17) is 5.73 Å². The lowest BCUT2D eigenvalue weighted by Gasteiger charge is -2.12. The first-order valence-corrected chi connectivity index (χ1v) is 5.58. The molecule has 1 aromatic rings. The van der Waals surface area contributed by atoms with Gasteiger partial charge in [-0.05, 0) is 37.3 Å². The summed E-state index contributed by atoms with van der Waals surface area (Å²) < 4.78 is 26.5. The van der Waals surface area contributed by atoms with Crippen LogP contribution >= 0.6 is 0 Å². The average molecular weight is 237 g/mol. The highest BCUT2D eigenvalue weighted by molar-refractivity contribution is 6.09. The van der Waals surface area contributed by atoms with Crippen LogP contribution in [0.5, 0.6) is 0 Å². The van der Waals surface area contributed by atoms with Gasteiger partial charge in [-0.2, -0.15) is 0 Å². The lowest BCUT2D eigenvalue weighted by atomic mass is 9.92. The van der Waals surface area contributed by atoms with Crippen LogP contribution in [-0.4, -0.2) is 5.78 Å². The van der Waals surface area contributed by atoms with Crippen molar-refractivity contribution in [3.63, 3.8) is 0 Å². The molecule has 0 amide bonds. The van der Waals surface area contributed by atoms with Gasteiger partial charge in [-0.1, -0.05) is 6.08 Å². The van der Waals surface area contributed by atoms with E-state index >= 15 is 0 Å². The number of hydrogen-bond acceptors (Lipinski definition) is 2. The molecule has 0 heterocycles. The Morgan fingerprint density at radius 2 is 1.94 bits per heavy atom. The molecule has 0 radical (unpaired) electrons. The summed E-state index contributed by atoms with van der Waals surface area (Å²) in [5.41, 5.74) is 5.60. The van der Waals surface area contributed by atoms with Crippen LogP contribution in [0.3, 0.4) is 0 Å². The molecular formula is C13H13F2NO. The first-order chi connectivity index (χ1) is 8.09. The minimum absolute atomic E-state index is 0.142. The molecule has 0 atom stereocenters. The van der Waals surface area contributed by atoms with Crippen molar-refractivity contribution >= 4 is 11.5 Å². The van der Waals surface area contributed by atoms with Crippen LogP contribution in [0.1, 0.15) is 36.0 Å². The van der Waals surface area contributed by atoms with E-state index in [2.05, 4.69) is 0 Å². The smallest absolute Gasteiger partial charge is 0.191 e. The van der Waals surface area contributed by atoms with E-state index in [1.54, 1.807) is 0 Å². The van der Waals surface area contributed by atoms with Crippen LogP contribution in [0.25, 0.3) is 0 Å². The Balaban J connectivity index is 2.37. The van der Waals surface area contributed by atoms with E-state index in [-0.39, 0.29) is 17.0 Å². The van der Waals surface area contributed by atoms with E-state index in [0.29, 0.717) is 18.1 Å². The van der Waals surface area contributed by atoms with Crippen molar-refractivity contribution in [2.45, 2.75) is 25.7 Å². The predicted molar refractivity (Wildman–Crippen MR) is 61.7 cm³/mol. The molecule has 2 rings (SSSR count). The third-order valence-corrected chi connectivity index (χ3v) is 2.91. The summed E-state index contributed by atoms with van der Waals surface area (Å²) in [6.07, 6.45) is 5.28. The second kappa shape index (κ2) is 4.65. The Hall–Kier alpha value is -1.71. The average Bonchev–Trinajstić information content (AvgIpc) is 2.34. The van der Waals surface area contributed by atoms with Crippen LogP contribution in [0, 0.1) is 11.6 Å². The van der Waals surface area contributed by atoms with Crippen molar-refractivity contribution < 1.29 is 13.6 Å². The minimum Gasteiger partial charge on any atom is -0.396 e. The Morgan fingerprint density at radius 1 is 1.18 bits per heavy atom. The maximum absolute atomic E-state index is 13.5. The van der Waals surface area contributed by atoms with Gasteiger partial charge in [0.25, 0.3) is 0 Å². The van der Waals surface area contributed by atoms with Gasteiger partial charge in [-0.3, -0.25) is 4.79 Å². The van der Waals surface area contributed by atoms with Gasteiger partial charge in [0.2, 0.25) is 0 Å². The molecule has 0 saturated heterocycles. The number of Topliss-reactive ketones (excluding diaryl/α,β-unsaturated/α-hetero) is 1. The molecule has 0 bridgehead atoms. The van der Waals surface area contributed by atoms with Gasteiger partial charge in [0.15, 0.2) is 5.78 Å². The molecule has 0 saturated carbocycles. The van der Waals surface area contributed by atoms with Crippen molar-refractivity contribution in [1.82, 2.24) is 0 Å². The maximum Gasteiger partial charge on any atom is 0.191 e. The van der Waals surface area contributed by atoms with Crippen molar-refractivity contribution in [1.29, 1.82) is 0 Å². The Labute approximate surface area is 98.1 Å². The number of benzene rings is 1. The molecular weight excluding hydrogens is 224 g/mol. The molecule has 0 aliphatic heterocycles. The number of halogens is 2. The summed E-state index contributed by atoms with van der Waals surface area (Å²) in [6, 6.07) is 1.73. The second-order valence-electron chi connectivity index (χ2n) is 4.16. The van der Waals surface area contributed by atoms with Gasteiger partial charge < -0.3 is 5.73 Å². The van der Waals surface area contributed by atoms with E-state index < -0.39 is 11.6 Å². The Morgan fingerprint density at radius 3 is 2.59 bits per heavy atom. The molecule has 2 N–H and O–H groups in total. The second-order valence-corrected chi connectivity index (χ2v) is 4.16. The zero-order valence-electron chi connectivity index (χ0n) is 9.30. The number of carbonyl (C=O) groups excluding carboxylic acids is 1. The van der Waals surface area contributed by atoms with E-state index in [1.165, 1.54) is 0 Å². The molecule has 1 aliphatic carbocycles. The monoisotopic (exact) mass is 237 g/mol. The summed E-state index contributed by atoms with van der Waals surface area (Å²) in [6.45, 7) is 0. The van der Waals surface area contributed by atoms with Crippen molar-refractivity contribution in [3.05, 3.63) is 41.0 Å². The first kappa shape index (κ1) is 11.8. The summed E-state index contributed by atoms with van der Waals surface area (Å²) in [5.74, 6) is -2.07. The van der Waals surface area contributed by atoms with Gasteiger partial charge in [0.1, 0.15) is 11.6 Å². The summed E-state index contributed by atoms with van der Waals surface area (Å²) in [4.78, 5) is 12.0. The fourth-order valence-electron chi connectivity index (χ4n) is 1.96. The largest absolute Gasteiger partial charge is 0.396 e. The van der Waals surface area contributed by atoms with E-state index in [9.17, 15) is 13.6 Å². The fraction of sp³-hybridized carbons (Fsp3) is 0.308. The highest BCUT2D eigenvalue weighted by Gasteiger charge is 2.19. The standard InChI is InChI=1S/C13H13F2NO/c14-10-7-11(15)12(16)6-9(10)13(17)8-4-2-1-3-5-8/h4,6-7H,1-3,5,16H2. The normalized spacial score (nSPS) is 15.5. The molecule has 0 unspecified atom stereocenters. The molecule has 2 nitrogen and oxygen atoms in total. The van der Waals surface area contributed by atoms with Gasteiger partial charge in [0, 0.05) is 6.07 Å². The van der Waals surface area contributed by atoms with Gasteiger partial charge in [-0.25, -0.2) is 8.78 Å². The predicted octanol–water partition coefficient (Wildman–Crippen LogP) is 3.23. The minimum atomic E-state index is -0.854. The molecule has 0 fully saturated rings. The topological polar surface area (TPSA) is 43.1 Å². The number of nitrogen functional groups attached to an aromatic ring is 1. The lowest BCUT2D eigenvalue weighted by molar-refractivity contribution is 0.102. The van der Waals surface area contributed by atoms with Gasteiger partial charge in [0.05, 0.1) is 11.3 Å². The number of rotatable bonds is 2. The molecule has 90 valence electrons. The first-order valence-electron chi connectivity index (χ1n) is 5.58. The van der Waals surface area contributed by atoms with E-state index in [1.807, 2.05) is 6.08 Å². The van der Waals surface area contributed by atoms with Crippen LogP contribution < -0.4 is 5.73 Å². The SMILES string of the molecule is Nc1cc(C(=O)C2=CCCCC2)c(F)cc1F. The summed E-state index contributed by atoms with van der Waals surface area (Å²) in [7, 11) is 0. The Kier molecular flexibility index (Phi) is 3.22. The van der Waals surface area contributed by atoms with Gasteiger partial charge >= 0.3 is 0 Å². The van der Waals surface area contributed by atoms with Crippen LogP contribution in [0.2, 0.25) is 0 Å². The molecule has 17 heavy (non-hydrogen) atoms. The third-order valence-electron chi connectivity index (χ3n) is 2.91. The number of anilines is 1.